The molecule has 0 amide bonds. The molecule has 2 aliphatic heterocycles. The van der Waals surface area contributed by atoms with Gasteiger partial charge in [-0.25, -0.2) is 23.5 Å². The molecule has 0 N–H and O–H groups in total. The molecule has 3 heterocycles. The third kappa shape index (κ3) is 1.22. The van der Waals surface area contributed by atoms with E-state index in [0.29, 0.717) is 17.5 Å². The second-order valence-corrected chi connectivity index (χ2v) is 6.33. The normalized spacial score (nSPS) is 31.6. The highest BCUT2D eigenvalue weighted by molar-refractivity contribution is 5.33. The lowest BCUT2D eigenvalue weighted by Gasteiger charge is -2.35. The zero-order valence-corrected chi connectivity index (χ0v) is 11.6. The van der Waals surface area contributed by atoms with Crippen molar-refractivity contribution in [3.8, 4) is 5.69 Å². The number of hydrogen-bond acceptors (Lipinski definition) is 2. The zero-order valence-electron chi connectivity index (χ0n) is 11.6. The van der Waals surface area contributed by atoms with E-state index in [9.17, 15) is 9.59 Å². The Morgan fingerprint density at radius 2 is 1.71 bits per heavy atom. The topological polar surface area (TPSA) is 48.9 Å². The first-order valence-corrected chi connectivity index (χ1v) is 7.38. The lowest BCUT2D eigenvalue weighted by molar-refractivity contribution is 0.230. The van der Waals surface area contributed by atoms with Crippen molar-refractivity contribution < 1.29 is 0 Å². The van der Waals surface area contributed by atoms with E-state index in [1.807, 2.05) is 18.2 Å². The van der Waals surface area contributed by atoms with Crippen LogP contribution in [0.2, 0.25) is 0 Å². The molecular weight excluding hydrogens is 266 g/mol. The third-order valence-corrected chi connectivity index (χ3v) is 5.20. The minimum absolute atomic E-state index is 0.0603. The van der Waals surface area contributed by atoms with Gasteiger partial charge >= 0.3 is 11.4 Å². The minimum Gasteiger partial charge on any atom is -0.245 e. The smallest absolute Gasteiger partial charge is 0.245 e. The summed E-state index contributed by atoms with van der Waals surface area (Å²) in [6, 6.07) is 9.31. The first kappa shape index (κ1) is 11.4. The van der Waals surface area contributed by atoms with E-state index < -0.39 is 0 Å². The first-order valence-electron chi connectivity index (χ1n) is 7.38. The SMILES string of the molecule is CC1=C[C@@H]2[C@@H]3C[C@@H]3[C@@H]1n1c(=O)n(-c3ccccc3)c(=O)n12. The third-order valence-electron chi connectivity index (χ3n) is 5.20. The summed E-state index contributed by atoms with van der Waals surface area (Å²) in [5, 5.41) is 0. The maximum atomic E-state index is 12.8. The van der Waals surface area contributed by atoms with E-state index in [0.717, 1.165) is 6.42 Å². The van der Waals surface area contributed by atoms with Crippen LogP contribution in [0.1, 0.15) is 25.4 Å². The van der Waals surface area contributed by atoms with Crippen LogP contribution in [0.4, 0.5) is 0 Å². The van der Waals surface area contributed by atoms with Gasteiger partial charge < -0.3 is 0 Å². The number of rotatable bonds is 1. The Kier molecular flexibility index (Phi) is 1.88. The van der Waals surface area contributed by atoms with Crippen molar-refractivity contribution >= 4 is 0 Å². The average Bonchev–Trinajstić information content (AvgIpc) is 3.24. The summed E-state index contributed by atoms with van der Waals surface area (Å²) in [6.45, 7) is 2.08. The number of nitrogens with zero attached hydrogens (tertiary/aromatic N) is 3. The second-order valence-electron chi connectivity index (χ2n) is 6.33. The maximum absolute atomic E-state index is 12.8. The molecule has 5 heteroatoms. The number of para-hydroxylation sites is 1. The zero-order chi connectivity index (χ0) is 14.3. The largest absolute Gasteiger partial charge is 0.352 e. The van der Waals surface area contributed by atoms with Crippen molar-refractivity contribution in [1.82, 2.24) is 13.9 Å². The van der Waals surface area contributed by atoms with E-state index in [2.05, 4.69) is 13.0 Å². The molecule has 0 radical (unpaired) electrons. The lowest BCUT2D eigenvalue weighted by Crippen LogP contribution is -2.42. The molecule has 6 rings (SSSR count). The van der Waals surface area contributed by atoms with Crippen LogP contribution in [0.3, 0.4) is 0 Å². The number of aromatic nitrogens is 3. The summed E-state index contributed by atoms with van der Waals surface area (Å²) in [5.41, 5.74) is 1.45. The van der Waals surface area contributed by atoms with Crippen LogP contribution in [-0.4, -0.2) is 13.9 Å². The molecule has 1 saturated carbocycles. The summed E-state index contributed by atoms with van der Waals surface area (Å²) >= 11 is 0. The number of benzene rings is 1. The van der Waals surface area contributed by atoms with Crippen molar-refractivity contribution in [2.75, 3.05) is 0 Å². The molecule has 4 aliphatic rings. The Labute approximate surface area is 120 Å². The fraction of sp³-hybridized carbons (Fsp3) is 0.375. The summed E-state index contributed by atoms with van der Waals surface area (Å²) in [5.74, 6) is 1.09. The molecule has 1 aromatic carbocycles. The average molecular weight is 281 g/mol. The highest BCUT2D eigenvalue weighted by atomic mass is 16.2. The molecule has 0 spiro atoms. The van der Waals surface area contributed by atoms with E-state index in [4.69, 9.17) is 0 Å². The summed E-state index contributed by atoms with van der Waals surface area (Å²) < 4.78 is 4.68. The number of hydrogen-bond donors (Lipinski definition) is 0. The molecular formula is C16H15N3O2. The van der Waals surface area contributed by atoms with Crippen LogP contribution in [0.25, 0.3) is 5.69 Å². The Bertz CT molecular complexity index is 900. The van der Waals surface area contributed by atoms with E-state index in [1.165, 1.54) is 10.1 Å². The van der Waals surface area contributed by atoms with Crippen molar-refractivity contribution in [3.63, 3.8) is 0 Å². The van der Waals surface area contributed by atoms with Gasteiger partial charge in [0.25, 0.3) is 0 Å². The molecule has 21 heavy (non-hydrogen) atoms. The quantitative estimate of drug-likeness (QED) is 0.744. The summed E-state index contributed by atoms with van der Waals surface area (Å²) in [4.78, 5) is 25.6. The maximum Gasteiger partial charge on any atom is 0.352 e. The molecule has 2 aliphatic carbocycles. The van der Waals surface area contributed by atoms with Gasteiger partial charge in [-0.1, -0.05) is 29.8 Å². The number of allylic oxidation sites excluding steroid dienone is 2. The summed E-state index contributed by atoms with van der Waals surface area (Å²) in [7, 11) is 0. The van der Waals surface area contributed by atoms with Gasteiger partial charge in [-0.2, -0.15) is 0 Å². The summed E-state index contributed by atoms with van der Waals surface area (Å²) in [6.07, 6.45) is 3.30. The van der Waals surface area contributed by atoms with Crippen LogP contribution in [0.5, 0.6) is 0 Å². The molecule has 1 fully saturated rings. The Hall–Kier alpha value is -2.30. The molecule has 2 bridgehead atoms. The highest BCUT2D eigenvalue weighted by Gasteiger charge is 2.57. The van der Waals surface area contributed by atoms with Crippen LogP contribution < -0.4 is 11.4 Å². The van der Waals surface area contributed by atoms with E-state index in [1.54, 1.807) is 21.5 Å². The second kappa shape index (κ2) is 3.47. The van der Waals surface area contributed by atoms with Gasteiger partial charge in [0.2, 0.25) is 0 Å². The molecule has 1 aromatic heterocycles. The molecule has 2 aromatic rings. The van der Waals surface area contributed by atoms with Gasteiger partial charge in [-0.15, -0.1) is 0 Å². The van der Waals surface area contributed by atoms with Gasteiger partial charge in [0.1, 0.15) is 0 Å². The predicted molar refractivity (Wildman–Crippen MR) is 77.7 cm³/mol. The minimum atomic E-state index is -0.213. The van der Waals surface area contributed by atoms with Crippen molar-refractivity contribution in [1.29, 1.82) is 0 Å². The van der Waals surface area contributed by atoms with Gasteiger partial charge in [0.15, 0.2) is 0 Å². The van der Waals surface area contributed by atoms with Crippen molar-refractivity contribution in [3.05, 3.63) is 62.9 Å². The molecule has 106 valence electrons. The van der Waals surface area contributed by atoms with Crippen LogP contribution in [0, 0.1) is 11.8 Å². The predicted octanol–water partition coefficient (Wildman–Crippen LogP) is 1.49. The van der Waals surface area contributed by atoms with Crippen LogP contribution >= 0.6 is 0 Å². The monoisotopic (exact) mass is 281 g/mol. The molecule has 0 unspecified atom stereocenters. The Morgan fingerprint density at radius 1 is 1.00 bits per heavy atom. The fourth-order valence-electron chi connectivity index (χ4n) is 4.24. The van der Waals surface area contributed by atoms with Crippen LogP contribution in [0.15, 0.2) is 51.6 Å². The Morgan fingerprint density at radius 3 is 2.48 bits per heavy atom. The Balaban J connectivity index is 1.84. The lowest BCUT2D eigenvalue weighted by atomic mass is 9.90. The molecule has 4 atom stereocenters. The van der Waals surface area contributed by atoms with Gasteiger partial charge in [0.05, 0.1) is 17.8 Å². The van der Waals surface area contributed by atoms with Crippen LogP contribution in [-0.2, 0) is 0 Å². The fourth-order valence-corrected chi connectivity index (χ4v) is 4.24. The van der Waals surface area contributed by atoms with Gasteiger partial charge in [-0.05, 0) is 37.3 Å². The molecule has 0 saturated heterocycles. The van der Waals surface area contributed by atoms with E-state index in [-0.39, 0.29) is 23.5 Å². The van der Waals surface area contributed by atoms with Crippen molar-refractivity contribution in [2.24, 2.45) is 11.8 Å². The highest BCUT2D eigenvalue weighted by Crippen LogP contribution is 2.60. The van der Waals surface area contributed by atoms with Gasteiger partial charge in [-0.3, -0.25) is 0 Å². The van der Waals surface area contributed by atoms with Crippen molar-refractivity contribution in [2.45, 2.75) is 25.4 Å². The van der Waals surface area contributed by atoms with E-state index >= 15 is 0 Å². The standard InChI is InChI=1S/C16H15N3O2/c1-9-7-13-11-8-12(11)14(9)19-16(21)17(15(20)18(13)19)10-5-3-2-4-6-10/h2-7,11-14H,8H2,1H3/t11-,12+,13-,14-/m1/s1. The first-order chi connectivity index (χ1) is 10.2. The van der Waals surface area contributed by atoms with Gasteiger partial charge in [0, 0.05) is 0 Å². The molecule has 5 nitrogen and oxygen atoms in total.